The van der Waals surface area contributed by atoms with Crippen molar-refractivity contribution >= 4 is 0 Å². The Hall–Kier alpha value is -2.04. The van der Waals surface area contributed by atoms with Gasteiger partial charge >= 0.3 is 0 Å². The van der Waals surface area contributed by atoms with Crippen molar-refractivity contribution in [3.8, 4) is 11.5 Å². The first-order valence-corrected chi connectivity index (χ1v) is 9.93. The van der Waals surface area contributed by atoms with Gasteiger partial charge in [0.2, 0.25) is 0 Å². The molecular weight excluding hydrogens is 352 g/mol. The topological polar surface area (TPSA) is 69.9 Å². The molecule has 160 valence electrons. The van der Waals surface area contributed by atoms with Crippen LogP contribution in [-0.2, 0) is 4.74 Å². The molecule has 0 unspecified atom stereocenters. The average molecular weight is 393 g/mol. The molecule has 28 heavy (non-hydrogen) atoms. The third-order valence-corrected chi connectivity index (χ3v) is 3.58. The maximum atomic E-state index is 8.76. The lowest BCUT2D eigenvalue weighted by Crippen LogP contribution is -1.82. The van der Waals surface area contributed by atoms with Crippen LogP contribution in [0.2, 0.25) is 0 Å². The molecule has 2 rings (SSSR count). The Kier molecular flexibility index (Phi) is 21.4. The predicted octanol–water partition coefficient (Wildman–Crippen LogP) is 6.00. The Labute approximate surface area is 171 Å². The van der Waals surface area contributed by atoms with Gasteiger partial charge in [0.05, 0.1) is 0 Å². The standard InChI is InChI=1S/C8H18O.2C7H8O.C2H6O/c1-2-3-4-5-6-7-8-9;2*1-6-2-4-7(8)5-3-6;1-3-2/h9H,2-8H2,1H3;2*2-5,8H,1H3;1-2H3. The molecule has 0 aliphatic carbocycles. The van der Waals surface area contributed by atoms with Crippen molar-refractivity contribution < 1.29 is 20.1 Å². The highest BCUT2D eigenvalue weighted by atomic mass is 16.4. The molecule has 0 spiro atoms. The van der Waals surface area contributed by atoms with Crippen LogP contribution in [0.25, 0.3) is 0 Å². The van der Waals surface area contributed by atoms with Gasteiger partial charge in [0, 0.05) is 20.8 Å². The van der Waals surface area contributed by atoms with E-state index in [1.54, 1.807) is 38.5 Å². The lowest BCUT2D eigenvalue weighted by molar-refractivity contribution is 0.277. The van der Waals surface area contributed by atoms with Crippen LogP contribution in [0.5, 0.6) is 11.5 Å². The quantitative estimate of drug-likeness (QED) is 0.527. The molecule has 0 radical (unpaired) electrons. The van der Waals surface area contributed by atoms with Crippen LogP contribution in [0.15, 0.2) is 48.5 Å². The van der Waals surface area contributed by atoms with E-state index in [0.29, 0.717) is 18.1 Å². The summed E-state index contributed by atoms with van der Waals surface area (Å²) in [7, 11) is 3.25. The minimum atomic E-state index is 0.329. The third kappa shape index (κ3) is 22.0. The molecule has 4 heteroatoms. The Morgan fingerprint density at radius 2 is 0.964 bits per heavy atom. The van der Waals surface area contributed by atoms with Crippen LogP contribution in [0.4, 0.5) is 0 Å². The monoisotopic (exact) mass is 392 g/mol. The summed E-state index contributed by atoms with van der Waals surface area (Å²) in [4.78, 5) is 0. The molecule has 0 aliphatic rings. The summed E-state index contributed by atoms with van der Waals surface area (Å²) in [6.45, 7) is 6.55. The van der Waals surface area contributed by atoms with E-state index in [4.69, 9.17) is 15.3 Å². The highest BCUT2D eigenvalue weighted by Crippen LogP contribution is 2.08. The Morgan fingerprint density at radius 1 is 0.643 bits per heavy atom. The summed E-state index contributed by atoms with van der Waals surface area (Å²) < 4.78 is 4.25. The maximum Gasteiger partial charge on any atom is 0.115 e. The van der Waals surface area contributed by atoms with Crippen molar-refractivity contribution in [2.45, 2.75) is 59.3 Å². The second-order valence-corrected chi connectivity index (χ2v) is 6.57. The average Bonchev–Trinajstić information content (AvgIpc) is 2.68. The number of phenolic OH excluding ortho intramolecular Hbond substituents is 2. The largest absolute Gasteiger partial charge is 0.508 e. The number of aliphatic hydroxyl groups excluding tert-OH is 1. The molecule has 3 N–H and O–H groups in total. The van der Waals surface area contributed by atoms with Crippen LogP contribution in [0.1, 0.15) is 56.6 Å². The van der Waals surface area contributed by atoms with E-state index in [0.717, 1.165) is 6.42 Å². The highest BCUT2D eigenvalue weighted by Gasteiger charge is 1.86. The van der Waals surface area contributed by atoms with Crippen molar-refractivity contribution in [1.82, 2.24) is 0 Å². The maximum absolute atomic E-state index is 8.76. The van der Waals surface area contributed by atoms with Gasteiger partial charge in [-0.05, 0) is 44.5 Å². The molecule has 0 aliphatic heterocycles. The normalized spacial score (nSPS) is 9.07. The van der Waals surface area contributed by atoms with Gasteiger partial charge in [-0.25, -0.2) is 0 Å². The third-order valence-electron chi connectivity index (χ3n) is 3.58. The smallest absolute Gasteiger partial charge is 0.115 e. The van der Waals surface area contributed by atoms with Gasteiger partial charge in [-0.15, -0.1) is 0 Å². The van der Waals surface area contributed by atoms with Gasteiger partial charge in [0.1, 0.15) is 11.5 Å². The number of aryl methyl sites for hydroxylation is 2. The fraction of sp³-hybridized carbons (Fsp3) is 0.500. The summed E-state index contributed by atoms with van der Waals surface area (Å²) >= 11 is 0. The van der Waals surface area contributed by atoms with Crippen molar-refractivity contribution in [3.63, 3.8) is 0 Å². The molecule has 2 aromatic carbocycles. The molecule has 2 aromatic rings. The summed E-state index contributed by atoms with van der Waals surface area (Å²) in [6, 6.07) is 14.2. The van der Waals surface area contributed by atoms with Gasteiger partial charge in [0.25, 0.3) is 0 Å². The number of methoxy groups -OCH3 is 1. The highest BCUT2D eigenvalue weighted by molar-refractivity contribution is 5.25. The Balaban J connectivity index is 0. The molecule has 0 bridgehead atoms. The van der Waals surface area contributed by atoms with E-state index in [1.807, 2.05) is 38.1 Å². The number of hydrogen-bond acceptors (Lipinski definition) is 4. The van der Waals surface area contributed by atoms with Crippen LogP contribution < -0.4 is 0 Å². The van der Waals surface area contributed by atoms with Crippen LogP contribution in [-0.4, -0.2) is 36.1 Å². The molecule has 0 aromatic heterocycles. The summed E-state index contributed by atoms with van der Waals surface area (Å²) in [5.74, 6) is 0.659. The van der Waals surface area contributed by atoms with Gasteiger partial charge in [-0.1, -0.05) is 74.4 Å². The number of hydrogen-bond donors (Lipinski definition) is 3. The molecule has 4 nitrogen and oxygen atoms in total. The minimum absolute atomic E-state index is 0.329. The number of phenols is 2. The van der Waals surface area contributed by atoms with Crippen molar-refractivity contribution in [2.75, 3.05) is 20.8 Å². The van der Waals surface area contributed by atoms with Gasteiger partial charge < -0.3 is 20.1 Å². The van der Waals surface area contributed by atoms with Crippen LogP contribution in [0.3, 0.4) is 0 Å². The summed E-state index contributed by atoms with van der Waals surface area (Å²) in [6.07, 6.45) is 7.50. The van der Waals surface area contributed by atoms with E-state index < -0.39 is 0 Å². The van der Waals surface area contributed by atoms with E-state index in [2.05, 4.69) is 11.7 Å². The van der Waals surface area contributed by atoms with Gasteiger partial charge in [-0.2, -0.15) is 0 Å². The number of rotatable bonds is 6. The lowest BCUT2D eigenvalue weighted by atomic mass is 10.1. The molecule has 0 fully saturated rings. The fourth-order valence-electron chi connectivity index (χ4n) is 1.98. The number of ether oxygens (including phenoxy) is 1. The zero-order valence-corrected chi connectivity index (χ0v) is 18.3. The predicted molar refractivity (Wildman–Crippen MR) is 119 cm³/mol. The summed E-state index contributed by atoms with van der Waals surface area (Å²) in [5, 5.41) is 25.9. The summed E-state index contributed by atoms with van der Waals surface area (Å²) in [5.41, 5.74) is 2.34. The van der Waals surface area contributed by atoms with E-state index in [9.17, 15) is 0 Å². The number of benzene rings is 2. The molecule has 0 amide bonds. The van der Waals surface area contributed by atoms with E-state index >= 15 is 0 Å². The lowest BCUT2D eigenvalue weighted by Gasteiger charge is -1.95. The Morgan fingerprint density at radius 3 is 1.25 bits per heavy atom. The van der Waals surface area contributed by atoms with Crippen molar-refractivity contribution in [2.24, 2.45) is 0 Å². The second kappa shape index (κ2) is 21.3. The fourth-order valence-corrected chi connectivity index (χ4v) is 1.98. The molecule has 0 saturated carbocycles. The first-order chi connectivity index (χ1) is 13.4. The second-order valence-electron chi connectivity index (χ2n) is 6.57. The number of aliphatic hydroxyl groups is 1. The molecule has 0 heterocycles. The molecular formula is C24H40O4. The van der Waals surface area contributed by atoms with Gasteiger partial charge in [-0.3, -0.25) is 0 Å². The zero-order chi connectivity index (χ0) is 21.6. The van der Waals surface area contributed by atoms with E-state index in [-0.39, 0.29) is 0 Å². The number of aromatic hydroxyl groups is 2. The van der Waals surface area contributed by atoms with Gasteiger partial charge in [0.15, 0.2) is 0 Å². The minimum Gasteiger partial charge on any atom is -0.508 e. The molecule has 0 saturated heterocycles. The van der Waals surface area contributed by atoms with Crippen molar-refractivity contribution in [1.29, 1.82) is 0 Å². The van der Waals surface area contributed by atoms with Crippen LogP contribution >= 0.6 is 0 Å². The number of unbranched alkanes of at least 4 members (excludes halogenated alkanes) is 5. The van der Waals surface area contributed by atoms with E-state index in [1.165, 1.54) is 43.2 Å². The first kappa shape index (κ1) is 28.2. The zero-order valence-electron chi connectivity index (χ0n) is 18.3. The Bertz CT molecular complexity index is 444. The van der Waals surface area contributed by atoms with Crippen molar-refractivity contribution in [3.05, 3.63) is 59.7 Å². The first-order valence-electron chi connectivity index (χ1n) is 9.93. The SMILES string of the molecule is CCCCCCCCO.COC.Cc1ccc(O)cc1.Cc1ccc(O)cc1. The van der Waals surface area contributed by atoms with Crippen LogP contribution in [0, 0.1) is 13.8 Å². The molecule has 0 atom stereocenters.